The van der Waals surface area contributed by atoms with Gasteiger partial charge in [0.2, 0.25) is 11.8 Å². The van der Waals surface area contributed by atoms with Crippen LogP contribution in [0.1, 0.15) is 52.4 Å². The van der Waals surface area contributed by atoms with Crippen LogP contribution in [0.2, 0.25) is 0 Å². The molecule has 112 valence electrons. The zero-order valence-electron chi connectivity index (χ0n) is 12.0. The third-order valence-corrected chi connectivity index (χ3v) is 4.89. The highest BCUT2D eigenvalue weighted by Crippen LogP contribution is 2.60. The highest BCUT2D eigenvalue weighted by molar-refractivity contribution is 5.75. The predicted molar refractivity (Wildman–Crippen MR) is 70.7 cm³/mol. The van der Waals surface area contributed by atoms with Gasteiger partial charge in [-0.05, 0) is 32.1 Å². The van der Waals surface area contributed by atoms with Crippen LogP contribution in [0.4, 0.5) is 0 Å². The average Bonchev–Trinajstić information content (AvgIpc) is 2.03. The van der Waals surface area contributed by atoms with Gasteiger partial charge in [0.05, 0.1) is 11.2 Å². The number of carbonyl (C=O) groups is 2. The summed E-state index contributed by atoms with van der Waals surface area (Å²) in [4.78, 5) is 23.0. The highest BCUT2D eigenvalue weighted by atomic mass is 16.3. The Balaban J connectivity index is 2.00. The molecular weight excluding hydrogens is 260 g/mol. The Morgan fingerprint density at radius 3 is 1.40 bits per heavy atom. The fraction of sp³-hybridized carbons (Fsp3) is 0.857. The van der Waals surface area contributed by atoms with Crippen LogP contribution in [0.15, 0.2) is 0 Å². The van der Waals surface area contributed by atoms with E-state index in [0.29, 0.717) is 38.5 Å². The van der Waals surface area contributed by atoms with Gasteiger partial charge >= 0.3 is 0 Å². The summed E-state index contributed by atoms with van der Waals surface area (Å²) in [6.07, 6.45) is 2.69. The zero-order chi connectivity index (χ0) is 14.8. The van der Waals surface area contributed by atoms with Gasteiger partial charge in [-0.1, -0.05) is 0 Å². The second kappa shape index (κ2) is 3.74. The molecule has 4 aliphatic rings. The van der Waals surface area contributed by atoms with Crippen molar-refractivity contribution >= 4 is 11.8 Å². The highest BCUT2D eigenvalue weighted by Gasteiger charge is 2.68. The van der Waals surface area contributed by atoms with Gasteiger partial charge < -0.3 is 20.8 Å². The minimum absolute atomic E-state index is 0.169. The molecule has 0 heterocycles. The molecule has 0 aliphatic heterocycles. The lowest BCUT2D eigenvalue weighted by molar-refractivity contribution is -0.223. The lowest BCUT2D eigenvalue weighted by Crippen LogP contribution is -2.78. The van der Waals surface area contributed by atoms with Crippen molar-refractivity contribution in [1.29, 1.82) is 0 Å². The summed E-state index contributed by atoms with van der Waals surface area (Å²) in [5.41, 5.74) is -3.28. The van der Waals surface area contributed by atoms with E-state index in [1.54, 1.807) is 0 Å². The van der Waals surface area contributed by atoms with Gasteiger partial charge in [-0.15, -0.1) is 0 Å². The van der Waals surface area contributed by atoms with Crippen LogP contribution in [-0.4, -0.2) is 44.3 Å². The first-order valence-electron chi connectivity index (χ1n) is 7.10. The van der Waals surface area contributed by atoms with Crippen LogP contribution >= 0.6 is 0 Å². The Kier molecular flexibility index (Phi) is 2.58. The minimum Gasteiger partial charge on any atom is -0.390 e. The van der Waals surface area contributed by atoms with E-state index in [-0.39, 0.29) is 11.8 Å². The molecule has 0 aromatic rings. The van der Waals surface area contributed by atoms with E-state index >= 15 is 0 Å². The SMILES string of the molecule is CC(=O)NC12CC3(O)CC(O)(C1)CC(NC(C)=O)(C3)C2. The second-order valence-corrected chi connectivity index (χ2v) is 7.43. The van der Waals surface area contributed by atoms with Crippen molar-refractivity contribution in [2.75, 3.05) is 0 Å². The monoisotopic (exact) mass is 282 g/mol. The van der Waals surface area contributed by atoms with Crippen molar-refractivity contribution in [3.63, 3.8) is 0 Å². The van der Waals surface area contributed by atoms with Crippen LogP contribution in [0.3, 0.4) is 0 Å². The average molecular weight is 282 g/mol. The Morgan fingerprint density at radius 2 is 1.10 bits per heavy atom. The normalized spacial score (nSPS) is 49.0. The maximum atomic E-state index is 11.5. The third-order valence-electron chi connectivity index (χ3n) is 4.89. The van der Waals surface area contributed by atoms with E-state index in [1.807, 2.05) is 0 Å². The van der Waals surface area contributed by atoms with Crippen molar-refractivity contribution in [2.24, 2.45) is 0 Å². The number of carbonyl (C=O) groups excluding carboxylic acids is 2. The number of rotatable bonds is 2. The molecule has 0 radical (unpaired) electrons. The molecule has 0 atom stereocenters. The summed E-state index contributed by atoms with van der Waals surface area (Å²) in [5.74, 6) is -0.339. The lowest BCUT2D eigenvalue weighted by Gasteiger charge is -2.67. The molecule has 4 rings (SSSR count). The van der Waals surface area contributed by atoms with Crippen molar-refractivity contribution in [3.8, 4) is 0 Å². The fourth-order valence-electron chi connectivity index (χ4n) is 5.54. The predicted octanol–water partition coefficient (Wildman–Crippen LogP) is -0.420. The summed E-state index contributed by atoms with van der Waals surface area (Å²) < 4.78 is 0. The van der Waals surface area contributed by atoms with Gasteiger partial charge in [0.1, 0.15) is 0 Å². The van der Waals surface area contributed by atoms with Crippen molar-refractivity contribution in [2.45, 2.75) is 74.7 Å². The first-order chi connectivity index (χ1) is 9.08. The van der Waals surface area contributed by atoms with Crippen LogP contribution in [0.25, 0.3) is 0 Å². The number of hydrogen-bond acceptors (Lipinski definition) is 4. The standard InChI is InChI=1S/C14H22N2O4/c1-9(17)15-11-3-12(16-10(2)18)6-13(19,4-11)8-14(20,5-11)7-12/h19-20H,3-8H2,1-2H3,(H,15,17)(H,16,18). The molecule has 0 aromatic heterocycles. The van der Waals surface area contributed by atoms with Gasteiger partial charge in [-0.25, -0.2) is 0 Å². The first-order valence-corrected chi connectivity index (χ1v) is 7.10. The van der Waals surface area contributed by atoms with Gasteiger partial charge in [-0.2, -0.15) is 0 Å². The van der Waals surface area contributed by atoms with E-state index in [9.17, 15) is 19.8 Å². The summed E-state index contributed by atoms with van der Waals surface area (Å²) >= 11 is 0. The Bertz CT molecular complexity index is 434. The maximum Gasteiger partial charge on any atom is 0.217 e. The van der Waals surface area contributed by atoms with Gasteiger partial charge in [0.25, 0.3) is 0 Å². The number of hydrogen-bond donors (Lipinski definition) is 4. The Hall–Kier alpha value is -1.14. The topological polar surface area (TPSA) is 98.7 Å². The largest absolute Gasteiger partial charge is 0.390 e. The van der Waals surface area contributed by atoms with E-state index in [4.69, 9.17) is 0 Å². The van der Waals surface area contributed by atoms with E-state index in [1.165, 1.54) is 13.8 Å². The van der Waals surface area contributed by atoms with Crippen LogP contribution < -0.4 is 10.6 Å². The molecule has 20 heavy (non-hydrogen) atoms. The molecule has 6 nitrogen and oxygen atoms in total. The van der Waals surface area contributed by atoms with E-state index in [2.05, 4.69) is 10.6 Å². The van der Waals surface area contributed by atoms with E-state index < -0.39 is 22.3 Å². The molecule has 0 unspecified atom stereocenters. The molecule has 0 saturated heterocycles. The fourth-order valence-corrected chi connectivity index (χ4v) is 5.54. The molecule has 0 aromatic carbocycles. The van der Waals surface area contributed by atoms with Crippen LogP contribution in [0, 0.1) is 0 Å². The summed E-state index contributed by atoms with van der Waals surface area (Å²) in [6, 6.07) is 0. The van der Waals surface area contributed by atoms with Crippen molar-refractivity contribution in [3.05, 3.63) is 0 Å². The quantitative estimate of drug-likeness (QED) is 0.553. The zero-order valence-corrected chi connectivity index (χ0v) is 12.0. The molecule has 0 spiro atoms. The summed E-state index contributed by atoms with van der Waals surface area (Å²) in [6.45, 7) is 2.88. The van der Waals surface area contributed by atoms with Crippen LogP contribution in [0.5, 0.6) is 0 Å². The molecule has 2 amide bonds. The minimum atomic E-state index is -1.02. The summed E-state index contributed by atoms with van der Waals surface area (Å²) in [5, 5.41) is 27.4. The third kappa shape index (κ3) is 2.11. The van der Waals surface area contributed by atoms with E-state index in [0.717, 1.165) is 0 Å². The lowest BCUT2D eigenvalue weighted by atomic mass is 9.46. The molecule has 4 bridgehead atoms. The molecule has 4 saturated carbocycles. The molecule has 4 fully saturated rings. The smallest absolute Gasteiger partial charge is 0.217 e. The Morgan fingerprint density at radius 1 is 0.750 bits per heavy atom. The van der Waals surface area contributed by atoms with Gasteiger partial charge in [-0.3, -0.25) is 9.59 Å². The molecule has 4 aliphatic carbocycles. The van der Waals surface area contributed by atoms with Gasteiger partial charge in [0, 0.05) is 31.3 Å². The number of nitrogens with one attached hydrogen (secondary N) is 2. The van der Waals surface area contributed by atoms with Gasteiger partial charge in [0.15, 0.2) is 0 Å². The maximum absolute atomic E-state index is 11.5. The number of aliphatic hydroxyl groups is 2. The Labute approximate surface area is 117 Å². The first kappa shape index (κ1) is 13.8. The van der Waals surface area contributed by atoms with Crippen molar-refractivity contribution in [1.82, 2.24) is 10.6 Å². The van der Waals surface area contributed by atoms with Crippen molar-refractivity contribution < 1.29 is 19.8 Å². The molecular formula is C14H22N2O4. The molecule has 4 N–H and O–H groups in total. The summed E-state index contributed by atoms with van der Waals surface area (Å²) in [7, 11) is 0. The second-order valence-electron chi connectivity index (χ2n) is 7.43. The van der Waals surface area contributed by atoms with Crippen LogP contribution in [-0.2, 0) is 9.59 Å². The number of amides is 2. The molecule has 6 heteroatoms.